The second-order valence-corrected chi connectivity index (χ2v) is 4.44. The minimum atomic E-state index is 0.548. The zero-order valence-electron chi connectivity index (χ0n) is 10.2. The summed E-state index contributed by atoms with van der Waals surface area (Å²) in [6.45, 7) is 3.09. The van der Waals surface area contributed by atoms with Crippen molar-refractivity contribution in [2.45, 2.75) is 57.5 Å². The highest BCUT2D eigenvalue weighted by molar-refractivity contribution is 4.93. The second kappa shape index (κ2) is 7.89. The van der Waals surface area contributed by atoms with E-state index >= 15 is 0 Å². The first-order chi connectivity index (χ1) is 7.36. The van der Waals surface area contributed by atoms with E-state index in [0.717, 1.165) is 6.61 Å². The smallest absolute Gasteiger partial charge is 0.0615 e. The summed E-state index contributed by atoms with van der Waals surface area (Å²) >= 11 is 0. The minimum Gasteiger partial charge on any atom is -0.383 e. The first kappa shape index (κ1) is 12.7. The minimum absolute atomic E-state index is 0.548. The normalized spacial score (nSPS) is 22.9. The average molecular weight is 211 g/mol. The SMILES string of the molecule is CCCCC(COC)NC1CC=CCC1. The number of unbranched alkanes of at least 4 members (excludes halogenated alkanes) is 1. The van der Waals surface area contributed by atoms with Gasteiger partial charge >= 0.3 is 0 Å². The summed E-state index contributed by atoms with van der Waals surface area (Å²) in [7, 11) is 1.79. The van der Waals surface area contributed by atoms with E-state index in [2.05, 4.69) is 24.4 Å². The molecular formula is C13H25NO. The van der Waals surface area contributed by atoms with Gasteiger partial charge in [-0.15, -0.1) is 0 Å². The quantitative estimate of drug-likeness (QED) is 0.654. The Labute approximate surface area is 94.1 Å². The van der Waals surface area contributed by atoms with Crippen LogP contribution in [-0.4, -0.2) is 25.8 Å². The van der Waals surface area contributed by atoms with Crippen molar-refractivity contribution < 1.29 is 4.74 Å². The van der Waals surface area contributed by atoms with Gasteiger partial charge in [-0.05, 0) is 25.7 Å². The Morgan fingerprint density at radius 1 is 1.47 bits per heavy atom. The van der Waals surface area contributed by atoms with Crippen LogP contribution in [-0.2, 0) is 4.74 Å². The zero-order valence-corrected chi connectivity index (χ0v) is 10.2. The van der Waals surface area contributed by atoms with Crippen LogP contribution >= 0.6 is 0 Å². The van der Waals surface area contributed by atoms with Crippen LogP contribution in [0.3, 0.4) is 0 Å². The van der Waals surface area contributed by atoms with E-state index in [0.29, 0.717) is 12.1 Å². The summed E-state index contributed by atoms with van der Waals surface area (Å²) < 4.78 is 5.26. The fourth-order valence-electron chi connectivity index (χ4n) is 2.14. The van der Waals surface area contributed by atoms with Crippen LogP contribution < -0.4 is 5.32 Å². The number of allylic oxidation sites excluding steroid dienone is 1. The highest BCUT2D eigenvalue weighted by Gasteiger charge is 2.15. The van der Waals surface area contributed by atoms with Gasteiger partial charge in [0.2, 0.25) is 0 Å². The van der Waals surface area contributed by atoms with Crippen molar-refractivity contribution in [3.63, 3.8) is 0 Å². The highest BCUT2D eigenvalue weighted by atomic mass is 16.5. The van der Waals surface area contributed by atoms with Gasteiger partial charge in [0.15, 0.2) is 0 Å². The Kier molecular flexibility index (Phi) is 6.69. The van der Waals surface area contributed by atoms with E-state index in [1.165, 1.54) is 38.5 Å². The molecule has 1 rings (SSSR count). The van der Waals surface area contributed by atoms with Crippen LogP contribution in [0.1, 0.15) is 45.4 Å². The molecule has 2 unspecified atom stereocenters. The van der Waals surface area contributed by atoms with E-state index in [1.54, 1.807) is 7.11 Å². The predicted molar refractivity (Wildman–Crippen MR) is 65.1 cm³/mol. The monoisotopic (exact) mass is 211 g/mol. The second-order valence-electron chi connectivity index (χ2n) is 4.44. The molecule has 0 aromatic rings. The van der Waals surface area contributed by atoms with Gasteiger partial charge in [-0.3, -0.25) is 0 Å². The number of nitrogens with one attached hydrogen (secondary N) is 1. The molecule has 1 aliphatic rings. The molecule has 0 amide bonds. The Morgan fingerprint density at radius 2 is 2.33 bits per heavy atom. The predicted octanol–water partition coefficient (Wildman–Crippen LogP) is 2.89. The molecule has 0 saturated carbocycles. The Bertz CT molecular complexity index is 179. The third kappa shape index (κ3) is 5.33. The number of hydrogen-bond acceptors (Lipinski definition) is 2. The molecule has 2 heteroatoms. The number of hydrogen-bond donors (Lipinski definition) is 1. The topological polar surface area (TPSA) is 21.3 Å². The third-order valence-electron chi connectivity index (χ3n) is 3.01. The van der Waals surface area contributed by atoms with Crippen LogP contribution in [0.5, 0.6) is 0 Å². The van der Waals surface area contributed by atoms with Gasteiger partial charge in [0.1, 0.15) is 0 Å². The van der Waals surface area contributed by atoms with Crippen molar-refractivity contribution in [3.05, 3.63) is 12.2 Å². The first-order valence-electron chi connectivity index (χ1n) is 6.26. The lowest BCUT2D eigenvalue weighted by molar-refractivity contribution is 0.154. The van der Waals surface area contributed by atoms with Crippen molar-refractivity contribution in [3.8, 4) is 0 Å². The van der Waals surface area contributed by atoms with E-state index < -0.39 is 0 Å². The van der Waals surface area contributed by atoms with Crippen molar-refractivity contribution in [1.82, 2.24) is 5.32 Å². The molecule has 0 saturated heterocycles. The average Bonchev–Trinajstić information content (AvgIpc) is 2.28. The molecule has 0 bridgehead atoms. The van der Waals surface area contributed by atoms with Crippen LogP contribution in [0.15, 0.2) is 12.2 Å². The lowest BCUT2D eigenvalue weighted by atomic mass is 10.00. The summed E-state index contributed by atoms with van der Waals surface area (Å²) in [6.07, 6.45) is 12.1. The summed E-state index contributed by atoms with van der Waals surface area (Å²) in [4.78, 5) is 0. The fourth-order valence-corrected chi connectivity index (χ4v) is 2.14. The van der Waals surface area contributed by atoms with E-state index in [1.807, 2.05) is 0 Å². The molecular weight excluding hydrogens is 186 g/mol. The molecule has 0 radical (unpaired) electrons. The molecule has 1 N–H and O–H groups in total. The van der Waals surface area contributed by atoms with Crippen LogP contribution in [0.25, 0.3) is 0 Å². The molecule has 1 aliphatic carbocycles. The fraction of sp³-hybridized carbons (Fsp3) is 0.846. The summed E-state index contributed by atoms with van der Waals surface area (Å²) in [5.74, 6) is 0. The maximum atomic E-state index is 5.26. The van der Waals surface area contributed by atoms with Gasteiger partial charge in [-0.1, -0.05) is 31.9 Å². The lowest BCUT2D eigenvalue weighted by Gasteiger charge is -2.26. The number of methoxy groups -OCH3 is 1. The van der Waals surface area contributed by atoms with Gasteiger partial charge in [-0.25, -0.2) is 0 Å². The number of ether oxygens (including phenoxy) is 1. The van der Waals surface area contributed by atoms with Gasteiger partial charge in [0.25, 0.3) is 0 Å². The molecule has 2 nitrogen and oxygen atoms in total. The molecule has 0 aromatic carbocycles. The third-order valence-corrected chi connectivity index (χ3v) is 3.01. The molecule has 88 valence electrons. The molecule has 15 heavy (non-hydrogen) atoms. The van der Waals surface area contributed by atoms with Crippen molar-refractivity contribution in [2.75, 3.05) is 13.7 Å². The summed E-state index contributed by atoms with van der Waals surface area (Å²) in [5.41, 5.74) is 0. The van der Waals surface area contributed by atoms with Gasteiger partial charge in [0.05, 0.1) is 6.61 Å². The van der Waals surface area contributed by atoms with Gasteiger partial charge in [0, 0.05) is 19.2 Å². The largest absolute Gasteiger partial charge is 0.383 e. The van der Waals surface area contributed by atoms with Crippen molar-refractivity contribution in [1.29, 1.82) is 0 Å². The molecule has 0 aromatic heterocycles. The summed E-state index contributed by atoms with van der Waals surface area (Å²) in [6, 6.07) is 1.22. The lowest BCUT2D eigenvalue weighted by Crippen LogP contribution is -2.41. The van der Waals surface area contributed by atoms with Gasteiger partial charge in [-0.2, -0.15) is 0 Å². The number of rotatable bonds is 7. The molecule has 0 heterocycles. The Balaban J connectivity index is 2.25. The molecule has 2 atom stereocenters. The maximum absolute atomic E-state index is 5.26. The molecule has 0 spiro atoms. The van der Waals surface area contributed by atoms with Crippen LogP contribution in [0, 0.1) is 0 Å². The van der Waals surface area contributed by atoms with Gasteiger partial charge < -0.3 is 10.1 Å². The highest BCUT2D eigenvalue weighted by Crippen LogP contribution is 2.12. The van der Waals surface area contributed by atoms with E-state index in [4.69, 9.17) is 4.74 Å². The van der Waals surface area contributed by atoms with Crippen molar-refractivity contribution in [2.24, 2.45) is 0 Å². The standard InChI is InChI=1S/C13H25NO/c1-3-4-8-13(11-15-2)14-12-9-6-5-7-10-12/h5-6,12-14H,3-4,7-11H2,1-2H3. The molecule has 0 fully saturated rings. The van der Waals surface area contributed by atoms with Crippen LogP contribution in [0.4, 0.5) is 0 Å². The van der Waals surface area contributed by atoms with Crippen LogP contribution in [0.2, 0.25) is 0 Å². The maximum Gasteiger partial charge on any atom is 0.0615 e. The first-order valence-corrected chi connectivity index (χ1v) is 6.26. The van der Waals surface area contributed by atoms with Crippen molar-refractivity contribution >= 4 is 0 Å². The summed E-state index contributed by atoms with van der Waals surface area (Å²) in [5, 5.41) is 3.72. The molecule has 0 aliphatic heterocycles. The van der Waals surface area contributed by atoms with E-state index in [9.17, 15) is 0 Å². The Morgan fingerprint density at radius 3 is 2.93 bits per heavy atom. The van der Waals surface area contributed by atoms with E-state index in [-0.39, 0.29) is 0 Å². The zero-order chi connectivity index (χ0) is 10.9. The Hall–Kier alpha value is -0.340.